The quantitative estimate of drug-likeness (QED) is 0.849. The lowest BCUT2D eigenvalue weighted by Gasteiger charge is -2.41. The molecule has 0 bridgehead atoms. The van der Waals surface area contributed by atoms with Gasteiger partial charge in [-0.15, -0.1) is 0 Å². The van der Waals surface area contributed by atoms with Crippen LogP contribution in [0.4, 0.5) is 0 Å². The minimum absolute atomic E-state index is 0.474. The number of nitrogens with zero attached hydrogens (tertiary/aromatic N) is 1. The number of rotatable bonds is 4. The second kappa shape index (κ2) is 6.25. The predicted molar refractivity (Wildman–Crippen MR) is 77.2 cm³/mol. The van der Waals surface area contributed by atoms with Crippen molar-refractivity contribution in [3.05, 3.63) is 0 Å². The Kier molecular flexibility index (Phi) is 4.88. The average Bonchev–Trinajstić information content (AvgIpc) is 2.38. The van der Waals surface area contributed by atoms with Gasteiger partial charge in [0.05, 0.1) is 5.41 Å². The molecule has 2 rings (SSSR count). The molecule has 3 atom stereocenters. The molecule has 1 heterocycles. The van der Waals surface area contributed by atoms with Crippen LogP contribution >= 0.6 is 0 Å². The van der Waals surface area contributed by atoms with Gasteiger partial charge in [0.1, 0.15) is 0 Å². The van der Waals surface area contributed by atoms with Crippen LogP contribution in [0, 0.1) is 17.3 Å². The normalized spacial score (nSPS) is 37.2. The van der Waals surface area contributed by atoms with Crippen LogP contribution < -0.4 is 0 Å². The van der Waals surface area contributed by atoms with E-state index >= 15 is 0 Å². The third-order valence-electron chi connectivity index (χ3n) is 5.35. The number of likely N-dealkylation sites (tertiary alicyclic amines) is 1. The van der Waals surface area contributed by atoms with Gasteiger partial charge < -0.3 is 10.0 Å². The van der Waals surface area contributed by atoms with Crippen molar-refractivity contribution < 1.29 is 9.90 Å². The van der Waals surface area contributed by atoms with Crippen LogP contribution in [0.3, 0.4) is 0 Å². The topological polar surface area (TPSA) is 40.5 Å². The molecular weight excluding hydrogens is 238 g/mol. The number of carboxylic acids is 1. The molecule has 0 spiro atoms. The van der Waals surface area contributed by atoms with Crippen LogP contribution in [-0.2, 0) is 4.79 Å². The zero-order chi connectivity index (χ0) is 13.9. The predicted octanol–water partition coefficient (Wildman–Crippen LogP) is 3.39. The van der Waals surface area contributed by atoms with Gasteiger partial charge in [0.2, 0.25) is 0 Å². The molecule has 1 saturated carbocycles. The smallest absolute Gasteiger partial charge is 0.310 e. The van der Waals surface area contributed by atoms with Crippen molar-refractivity contribution in [3.8, 4) is 0 Å². The Hall–Kier alpha value is -0.570. The molecule has 3 heteroatoms. The molecule has 0 aromatic carbocycles. The van der Waals surface area contributed by atoms with E-state index in [2.05, 4.69) is 11.8 Å². The maximum atomic E-state index is 11.6. The summed E-state index contributed by atoms with van der Waals surface area (Å²) in [7, 11) is 0. The lowest BCUT2D eigenvalue weighted by atomic mass is 9.76. The van der Waals surface area contributed by atoms with E-state index in [9.17, 15) is 9.90 Å². The molecule has 3 unspecified atom stereocenters. The molecule has 0 radical (unpaired) electrons. The van der Waals surface area contributed by atoms with Crippen LogP contribution in [0.1, 0.15) is 58.8 Å². The summed E-state index contributed by atoms with van der Waals surface area (Å²) >= 11 is 0. The summed E-state index contributed by atoms with van der Waals surface area (Å²) in [5, 5.41) is 9.53. The van der Waals surface area contributed by atoms with Crippen molar-refractivity contribution >= 4 is 5.97 Å². The molecule has 110 valence electrons. The summed E-state index contributed by atoms with van der Waals surface area (Å²) < 4.78 is 0. The Morgan fingerprint density at radius 2 is 2.16 bits per heavy atom. The minimum atomic E-state index is -0.586. The fourth-order valence-electron chi connectivity index (χ4n) is 4.09. The molecular formula is C16H29NO2. The molecule has 0 aromatic heterocycles. The van der Waals surface area contributed by atoms with Crippen LogP contribution in [0.2, 0.25) is 0 Å². The number of hydrogen-bond acceptors (Lipinski definition) is 2. The second-order valence-corrected chi connectivity index (χ2v) is 6.92. The third kappa shape index (κ3) is 3.50. The van der Waals surface area contributed by atoms with E-state index < -0.39 is 11.4 Å². The van der Waals surface area contributed by atoms with Gasteiger partial charge in [-0.05, 0) is 50.5 Å². The Morgan fingerprint density at radius 1 is 1.37 bits per heavy atom. The highest BCUT2D eigenvalue weighted by atomic mass is 16.4. The van der Waals surface area contributed by atoms with Crippen molar-refractivity contribution in [3.63, 3.8) is 0 Å². The largest absolute Gasteiger partial charge is 0.481 e. The molecule has 3 nitrogen and oxygen atoms in total. The van der Waals surface area contributed by atoms with E-state index in [0.29, 0.717) is 0 Å². The molecule has 2 fully saturated rings. The first kappa shape index (κ1) is 14.8. The molecule has 1 aliphatic heterocycles. The fourth-order valence-corrected chi connectivity index (χ4v) is 4.09. The number of carbonyl (C=O) groups is 1. The lowest BCUT2D eigenvalue weighted by molar-refractivity contribution is -0.153. The highest BCUT2D eigenvalue weighted by Gasteiger charge is 2.41. The first-order valence-corrected chi connectivity index (χ1v) is 8.01. The molecule has 19 heavy (non-hydrogen) atoms. The van der Waals surface area contributed by atoms with Crippen LogP contribution in [0.25, 0.3) is 0 Å². The van der Waals surface area contributed by atoms with Gasteiger partial charge in [-0.25, -0.2) is 0 Å². The van der Waals surface area contributed by atoms with Crippen LogP contribution in [-0.4, -0.2) is 35.6 Å². The van der Waals surface area contributed by atoms with E-state index in [4.69, 9.17) is 0 Å². The van der Waals surface area contributed by atoms with Crippen molar-refractivity contribution in [1.82, 2.24) is 4.90 Å². The van der Waals surface area contributed by atoms with Gasteiger partial charge in [0.15, 0.2) is 0 Å². The monoisotopic (exact) mass is 267 g/mol. The van der Waals surface area contributed by atoms with E-state index in [1.54, 1.807) is 0 Å². The Bertz CT molecular complexity index is 318. The zero-order valence-electron chi connectivity index (χ0n) is 12.5. The van der Waals surface area contributed by atoms with Crippen molar-refractivity contribution in [2.24, 2.45) is 17.3 Å². The Labute approximate surface area is 117 Å². The van der Waals surface area contributed by atoms with Crippen LogP contribution in [0.5, 0.6) is 0 Å². The number of aliphatic carboxylic acids is 1. The molecule has 1 aliphatic carbocycles. The van der Waals surface area contributed by atoms with E-state index in [0.717, 1.165) is 50.7 Å². The van der Waals surface area contributed by atoms with Gasteiger partial charge in [0, 0.05) is 13.1 Å². The Morgan fingerprint density at radius 3 is 2.79 bits per heavy atom. The summed E-state index contributed by atoms with van der Waals surface area (Å²) in [4.78, 5) is 14.0. The standard InChI is InChI=1S/C16H29NO2/c1-3-16(15(18)19)8-5-9-17(12-16)11-14-7-4-6-13(2)10-14/h13-14H,3-12H2,1-2H3,(H,18,19). The highest BCUT2D eigenvalue weighted by molar-refractivity contribution is 5.75. The minimum Gasteiger partial charge on any atom is -0.481 e. The summed E-state index contributed by atoms with van der Waals surface area (Å²) in [5.74, 6) is 1.07. The van der Waals surface area contributed by atoms with E-state index in [1.807, 2.05) is 6.92 Å². The fraction of sp³-hybridized carbons (Fsp3) is 0.938. The van der Waals surface area contributed by atoms with E-state index in [-0.39, 0.29) is 0 Å². The van der Waals surface area contributed by atoms with Crippen LogP contribution in [0.15, 0.2) is 0 Å². The maximum Gasteiger partial charge on any atom is 0.310 e. The molecule has 1 saturated heterocycles. The average molecular weight is 267 g/mol. The van der Waals surface area contributed by atoms with E-state index in [1.165, 1.54) is 25.7 Å². The molecule has 0 amide bonds. The maximum absolute atomic E-state index is 11.6. The SMILES string of the molecule is CCC1(C(=O)O)CCCN(CC2CCCC(C)C2)C1. The first-order valence-electron chi connectivity index (χ1n) is 8.01. The third-order valence-corrected chi connectivity index (χ3v) is 5.35. The van der Waals surface area contributed by atoms with Crippen molar-refractivity contribution in [2.75, 3.05) is 19.6 Å². The van der Waals surface area contributed by atoms with Crippen molar-refractivity contribution in [1.29, 1.82) is 0 Å². The summed E-state index contributed by atoms with van der Waals surface area (Å²) in [6.07, 6.45) is 8.08. The number of piperidine rings is 1. The van der Waals surface area contributed by atoms with Gasteiger partial charge in [-0.3, -0.25) is 4.79 Å². The first-order chi connectivity index (χ1) is 9.05. The Balaban J connectivity index is 1.92. The zero-order valence-corrected chi connectivity index (χ0v) is 12.5. The van der Waals surface area contributed by atoms with Gasteiger partial charge in [-0.2, -0.15) is 0 Å². The van der Waals surface area contributed by atoms with Gasteiger partial charge in [0.25, 0.3) is 0 Å². The lowest BCUT2D eigenvalue weighted by Crippen LogP contribution is -2.49. The van der Waals surface area contributed by atoms with Gasteiger partial charge in [-0.1, -0.05) is 26.7 Å². The van der Waals surface area contributed by atoms with Crippen molar-refractivity contribution in [2.45, 2.75) is 58.8 Å². The summed E-state index contributed by atoms with van der Waals surface area (Å²) in [6, 6.07) is 0. The second-order valence-electron chi connectivity index (χ2n) is 6.92. The number of carboxylic acid groups (broad SMARTS) is 1. The summed E-state index contributed by atoms with van der Waals surface area (Å²) in [5.41, 5.74) is -0.474. The summed E-state index contributed by atoms with van der Waals surface area (Å²) in [6.45, 7) is 7.37. The van der Waals surface area contributed by atoms with Gasteiger partial charge >= 0.3 is 5.97 Å². The number of hydrogen-bond donors (Lipinski definition) is 1. The molecule has 0 aromatic rings. The molecule has 1 N–H and O–H groups in total. The molecule has 2 aliphatic rings. The highest BCUT2D eigenvalue weighted by Crippen LogP contribution is 2.35.